The van der Waals surface area contributed by atoms with E-state index in [2.05, 4.69) is 25.7 Å². The van der Waals surface area contributed by atoms with E-state index in [4.69, 9.17) is 5.73 Å². The van der Waals surface area contributed by atoms with Crippen LogP contribution in [-0.2, 0) is 20.8 Å². The van der Waals surface area contributed by atoms with Gasteiger partial charge < -0.3 is 16.2 Å². The van der Waals surface area contributed by atoms with Crippen LogP contribution in [0.15, 0.2) is 27.2 Å². The minimum atomic E-state index is -1.15. The molecular weight excluding hydrogens is 450 g/mol. The Labute approximate surface area is 182 Å². The van der Waals surface area contributed by atoms with Crippen molar-refractivity contribution in [2.75, 3.05) is 10.8 Å². The van der Waals surface area contributed by atoms with Gasteiger partial charge in [0.05, 0.1) is 29.4 Å². The Bertz CT molecular complexity index is 1010. The highest BCUT2D eigenvalue weighted by molar-refractivity contribution is 8.17. The summed E-state index contributed by atoms with van der Waals surface area (Å²) in [5, 5.41) is 25.8. The van der Waals surface area contributed by atoms with Crippen LogP contribution >= 0.6 is 34.9 Å². The number of allylic oxidation sites excluding steroid dienone is 1. The summed E-state index contributed by atoms with van der Waals surface area (Å²) in [6.45, 7) is 0. The zero-order chi connectivity index (χ0) is 21.3. The molecule has 0 spiro atoms. The van der Waals surface area contributed by atoms with Crippen LogP contribution in [0.3, 0.4) is 0 Å². The molecule has 158 valence electrons. The van der Waals surface area contributed by atoms with Crippen LogP contribution in [0.2, 0.25) is 0 Å². The number of carbonyl (C=O) groups is 3. The lowest BCUT2D eigenvalue weighted by atomic mass is 9.86. The first kappa shape index (κ1) is 20.7. The van der Waals surface area contributed by atoms with Crippen LogP contribution in [0.5, 0.6) is 0 Å². The second-order valence-electron chi connectivity index (χ2n) is 6.51. The number of amides is 2. The van der Waals surface area contributed by atoms with Gasteiger partial charge in [-0.25, -0.2) is 9.78 Å². The summed E-state index contributed by atoms with van der Waals surface area (Å²) in [7, 11) is 0. The van der Waals surface area contributed by atoms with E-state index in [0.717, 1.165) is 0 Å². The first-order valence-corrected chi connectivity index (χ1v) is 11.7. The van der Waals surface area contributed by atoms with E-state index in [1.807, 2.05) is 0 Å². The number of aliphatic carboxylic acids is 1. The van der Waals surface area contributed by atoms with Gasteiger partial charge in [-0.15, -0.1) is 28.2 Å². The Balaban J connectivity index is 1.39. The van der Waals surface area contributed by atoms with E-state index in [1.54, 1.807) is 11.6 Å². The second kappa shape index (κ2) is 8.65. The number of aromatic amines is 1. The third-order valence-corrected chi connectivity index (χ3v) is 7.56. The highest BCUT2D eigenvalue weighted by Crippen LogP contribution is 2.42. The number of β-lactam (4-membered cyclic amide) rings is 1. The van der Waals surface area contributed by atoms with Crippen LogP contribution in [0, 0.1) is 0 Å². The molecule has 5 N–H and O–H groups in total. The van der Waals surface area contributed by atoms with Crippen LogP contribution in [0.25, 0.3) is 0 Å². The Kier molecular flexibility index (Phi) is 5.97. The maximum absolute atomic E-state index is 12.7. The number of hydrogen-bond donors (Lipinski definition) is 4. The number of carbonyl (C=O) groups excluding carboxylic acids is 2. The zero-order valence-corrected chi connectivity index (χ0v) is 17.9. The van der Waals surface area contributed by atoms with E-state index in [0.29, 0.717) is 38.7 Å². The summed E-state index contributed by atoms with van der Waals surface area (Å²) < 4.78 is 0. The molecule has 0 aliphatic carbocycles. The molecule has 4 heterocycles. The number of anilines is 1. The molecule has 1 saturated heterocycles. The monoisotopic (exact) mass is 467 g/mol. The van der Waals surface area contributed by atoms with Crippen molar-refractivity contribution in [3.8, 4) is 0 Å². The molecule has 0 aromatic carbocycles. The Morgan fingerprint density at radius 1 is 1.43 bits per heavy atom. The minimum absolute atomic E-state index is 0.000207. The van der Waals surface area contributed by atoms with E-state index in [1.165, 1.54) is 39.8 Å². The predicted molar refractivity (Wildman–Crippen MR) is 111 cm³/mol. The lowest BCUT2D eigenvalue weighted by Crippen LogP contribution is -2.71. The fourth-order valence-corrected chi connectivity index (χ4v) is 6.05. The van der Waals surface area contributed by atoms with Crippen LogP contribution < -0.4 is 11.1 Å². The number of rotatable bonds is 8. The smallest absolute Gasteiger partial charge is 0.353 e. The predicted octanol–water partition coefficient (Wildman–Crippen LogP) is 0.655. The molecular formula is C16H17N7O4S3. The molecule has 2 atom stereocenters. The van der Waals surface area contributed by atoms with Gasteiger partial charge in [0.25, 0.3) is 5.91 Å². The van der Waals surface area contributed by atoms with Gasteiger partial charge in [0.2, 0.25) is 5.91 Å². The zero-order valence-electron chi connectivity index (χ0n) is 15.4. The third-order valence-electron chi connectivity index (χ3n) is 4.66. The molecule has 2 aromatic heterocycles. The summed E-state index contributed by atoms with van der Waals surface area (Å²) in [5.74, 6) is -1.90. The second-order valence-corrected chi connectivity index (χ2v) is 9.83. The van der Waals surface area contributed by atoms with Gasteiger partial charge in [-0.05, 0) is 12.8 Å². The standard InChI is InChI=1S/C16H17N7O4S3/c17-16-19-7(5-28-16)3-10(24)20-12-8-1-2-9(13(15(26)27)23(8)14(12)25)29-6-30-11-4-18-22-21-11/h4-5,8,12H,1-3,6H2,(H2,17,19)(H,20,24)(H,26,27)(H,18,21,22)/t8-,12+/m1/s1. The average molecular weight is 468 g/mol. The van der Waals surface area contributed by atoms with Crippen molar-refractivity contribution in [1.82, 2.24) is 30.6 Å². The molecule has 0 saturated carbocycles. The molecule has 0 bridgehead atoms. The number of nitrogen functional groups attached to an aromatic ring is 1. The van der Waals surface area contributed by atoms with Gasteiger partial charge in [0, 0.05) is 10.3 Å². The van der Waals surface area contributed by atoms with E-state index in [-0.39, 0.29) is 24.1 Å². The number of fused-ring (bicyclic) bond motifs is 1. The number of aromatic nitrogens is 4. The van der Waals surface area contributed by atoms with Crippen molar-refractivity contribution >= 4 is 57.8 Å². The Morgan fingerprint density at radius 3 is 2.93 bits per heavy atom. The van der Waals surface area contributed by atoms with Crippen molar-refractivity contribution in [2.45, 2.75) is 36.4 Å². The largest absolute Gasteiger partial charge is 0.477 e. The number of nitrogens with zero attached hydrogens (tertiary/aromatic N) is 4. The van der Waals surface area contributed by atoms with Gasteiger partial charge in [-0.3, -0.25) is 19.6 Å². The fourth-order valence-electron chi connectivity index (χ4n) is 3.38. The molecule has 1 fully saturated rings. The molecule has 0 unspecified atom stereocenters. The average Bonchev–Trinajstić information content (AvgIpc) is 3.37. The van der Waals surface area contributed by atoms with Gasteiger partial charge in [-0.2, -0.15) is 0 Å². The topological polar surface area (TPSA) is 167 Å². The Hall–Kier alpha value is -2.58. The molecule has 2 amide bonds. The number of hydrogen-bond acceptors (Lipinski definition) is 10. The quantitative estimate of drug-likeness (QED) is 0.246. The summed E-state index contributed by atoms with van der Waals surface area (Å²) in [6.07, 6.45) is 2.77. The highest BCUT2D eigenvalue weighted by atomic mass is 32.2. The van der Waals surface area contributed by atoms with Crippen LogP contribution in [-0.4, -0.2) is 65.4 Å². The summed E-state index contributed by atoms with van der Waals surface area (Å²) >= 11 is 4.04. The summed E-state index contributed by atoms with van der Waals surface area (Å²) in [4.78, 5) is 42.8. The number of nitrogens with one attached hydrogen (secondary N) is 2. The van der Waals surface area contributed by atoms with Crippen molar-refractivity contribution in [3.63, 3.8) is 0 Å². The van der Waals surface area contributed by atoms with Crippen molar-refractivity contribution in [2.24, 2.45) is 0 Å². The number of H-pyrrole nitrogens is 1. The molecule has 11 nitrogen and oxygen atoms in total. The SMILES string of the molecule is Nc1nc(CC(=O)N[C@@H]2C(=O)N3C(C(=O)O)=C(SCSc4c[nH]nn4)CC[C@H]23)cs1. The summed E-state index contributed by atoms with van der Waals surface area (Å²) in [6, 6.07) is -1.08. The van der Waals surface area contributed by atoms with E-state index >= 15 is 0 Å². The third kappa shape index (κ3) is 4.15. The highest BCUT2D eigenvalue weighted by Gasteiger charge is 2.53. The van der Waals surface area contributed by atoms with Crippen molar-refractivity contribution < 1.29 is 19.5 Å². The first-order valence-electron chi connectivity index (χ1n) is 8.85. The van der Waals surface area contributed by atoms with Crippen LogP contribution in [0.4, 0.5) is 5.13 Å². The molecule has 2 aliphatic heterocycles. The molecule has 2 aromatic rings. The van der Waals surface area contributed by atoms with Gasteiger partial charge in [-0.1, -0.05) is 17.0 Å². The van der Waals surface area contributed by atoms with Crippen molar-refractivity contribution in [3.05, 3.63) is 27.9 Å². The van der Waals surface area contributed by atoms with E-state index < -0.39 is 17.9 Å². The molecule has 2 aliphatic rings. The lowest BCUT2D eigenvalue weighted by Gasteiger charge is -2.50. The van der Waals surface area contributed by atoms with E-state index in [9.17, 15) is 19.5 Å². The van der Waals surface area contributed by atoms with Gasteiger partial charge in [0.15, 0.2) is 5.13 Å². The number of thiazole rings is 1. The van der Waals surface area contributed by atoms with Crippen molar-refractivity contribution in [1.29, 1.82) is 0 Å². The van der Waals surface area contributed by atoms with Crippen LogP contribution in [0.1, 0.15) is 18.5 Å². The number of thioether (sulfide) groups is 2. The minimum Gasteiger partial charge on any atom is -0.477 e. The molecule has 30 heavy (non-hydrogen) atoms. The number of carboxylic acid groups (broad SMARTS) is 1. The lowest BCUT2D eigenvalue weighted by molar-refractivity contribution is -0.155. The molecule has 0 radical (unpaired) electrons. The summed E-state index contributed by atoms with van der Waals surface area (Å²) in [5.41, 5.74) is 6.10. The number of carboxylic acids is 1. The number of nitrogens with two attached hydrogens (primary N) is 1. The normalized spacial score (nSPS) is 20.7. The first-order chi connectivity index (χ1) is 14.4. The fraction of sp³-hybridized carbons (Fsp3) is 0.375. The molecule has 14 heteroatoms. The maximum Gasteiger partial charge on any atom is 0.353 e. The maximum atomic E-state index is 12.7. The molecule has 4 rings (SSSR count). The Morgan fingerprint density at radius 2 is 2.27 bits per heavy atom. The van der Waals surface area contributed by atoms with Gasteiger partial charge in [0.1, 0.15) is 16.8 Å². The van der Waals surface area contributed by atoms with Gasteiger partial charge >= 0.3 is 5.97 Å².